The van der Waals surface area contributed by atoms with Crippen LogP contribution >= 0.6 is 23.2 Å². The van der Waals surface area contributed by atoms with Gasteiger partial charge in [0.1, 0.15) is 12.2 Å². The van der Waals surface area contributed by atoms with Crippen molar-refractivity contribution in [2.45, 2.75) is 39.8 Å². The highest BCUT2D eigenvalue weighted by Gasteiger charge is 2.26. The summed E-state index contributed by atoms with van der Waals surface area (Å²) in [5.74, 6) is -1.16. The molecule has 2 aromatic rings. The van der Waals surface area contributed by atoms with Crippen LogP contribution in [0.4, 0.5) is 0 Å². The Morgan fingerprint density at radius 3 is 2.48 bits per heavy atom. The molecule has 5 nitrogen and oxygen atoms in total. The van der Waals surface area contributed by atoms with E-state index in [1.54, 1.807) is 30.0 Å². The molecule has 0 fully saturated rings. The molecule has 1 heterocycles. The maximum absolute atomic E-state index is 13.0. The van der Waals surface area contributed by atoms with Crippen molar-refractivity contribution in [3.63, 3.8) is 0 Å². The molecule has 1 N–H and O–H groups in total. The number of furan rings is 1. The van der Waals surface area contributed by atoms with E-state index in [2.05, 4.69) is 0 Å². The lowest BCUT2D eigenvalue weighted by Gasteiger charge is -2.27. The summed E-state index contributed by atoms with van der Waals surface area (Å²) in [6.45, 7) is 5.83. The molecule has 1 aromatic heterocycles. The Morgan fingerprint density at radius 2 is 1.92 bits per heavy atom. The van der Waals surface area contributed by atoms with Crippen LogP contribution in [0.5, 0.6) is 0 Å². The van der Waals surface area contributed by atoms with Gasteiger partial charge in [-0.05, 0) is 38.5 Å². The highest BCUT2D eigenvalue weighted by molar-refractivity contribution is 6.42. The average molecular weight is 384 g/mol. The normalized spacial score (nSPS) is 11.0. The lowest BCUT2D eigenvalue weighted by Crippen LogP contribution is -2.37. The fourth-order valence-electron chi connectivity index (χ4n) is 2.52. The van der Waals surface area contributed by atoms with Gasteiger partial charge in [0.15, 0.2) is 0 Å². The minimum Gasteiger partial charge on any atom is -0.481 e. The molecule has 0 bridgehead atoms. The third-order valence-corrected chi connectivity index (χ3v) is 4.54. The fourth-order valence-corrected chi connectivity index (χ4v) is 2.84. The summed E-state index contributed by atoms with van der Waals surface area (Å²) < 4.78 is 5.28. The summed E-state index contributed by atoms with van der Waals surface area (Å²) in [5.41, 5.74) is 1.74. The van der Waals surface area contributed by atoms with Gasteiger partial charge in [0.05, 0.1) is 21.9 Å². The first-order valence-corrected chi connectivity index (χ1v) is 8.50. The van der Waals surface area contributed by atoms with Crippen LogP contribution in [-0.4, -0.2) is 27.9 Å². The molecule has 0 spiro atoms. The highest BCUT2D eigenvalue weighted by atomic mass is 35.5. The highest BCUT2D eigenvalue weighted by Crippen LogP contribution is 2.25. The molecule has 0 aliphatic carbocycles. The van der Waals surface area contributed by atoms with Crippen molar-refractivity contribution in [3.8, 4) is 0 Å². The monoisotopic (exact) mass is 383 g/mol. The van der Waals surface area contributed by atoms with Crippen molar-refractivity contribution in [1.82, 2.24) is 4.90 Å². The molecule has 0 unspecified atom stereocenters. The van der Waals surface area contributed by atoms with Crippen LogP contribution in [0.2, 0.25) is 10.0 Å². The maximum atomic E-state index is 13.0. The Morgan fingerprint density at radius 1 is 1.24 bits per heavy atom. The fraction of sp³-hybridized carbons (Fsp3) is 0.333. The molecule has 0 atom stereocenters. The molecular weight excluding hydrogens is 365 g/mol. The van der Waals surface area contributed by atoms with Gasteiger partial charge < -0.3 is 14.4 Å². The SMILES string of the molecule is Cc1coc(CC(=O)O)c1C(=O)N(Cc1ccc(Cl)c(Cl)c1)C(C)C. The van der Waals surface area contributed by atoms with E-state index in [1.807, 2.05) is 13.8 Å². The third kappa shape index (κ3) is 4.55. The van der Waals surface area contributed by atoms with Gasteiger partial charge in [0.25, 0.3) is 5.91 Å². The van der Waals surface area contributed by atoms with E-state index in [-0.39, 0.29) is 24.1 Å². The largest absolute Gasteiger partial charge is 0.481 e. The van der Waals surface area contributed by atoms with Gasteiger partial charge in [-0.25, -0.2) is 0 Å². The second-order valence-corrected chi connectivity index (χ2v) is 6.88. The van der Waals surface area contributed by atoms with Crippen molar-refractivity contribution in [2.24, 2.45) is 0 Å². The van der Waals surface area contributed by atoms with E-state index in [4.69, 9.17) is 32.7 Å². The van der Waals surface area contributed by atoms with E-state index in [0.29, 0.717) is 27.7 Å². The van der Waals surface area contributed by atoms with Crippen LogP contribution in [-0.2, 0) is 17.8 Å². The topological polar surface area (TPSA) is 70.7 Å². The number of hydrogen-bond donors (Lipinski definition) is 1. The quantitative estimate of drug-likeness (QED) is 0.792. The summed E-state index contributed by atoms with van der Waals surface area (Å²) >= 11 is 12.0. The number of carbonyl (C=O) groups is 2. The molecule has 0 aliphatic heterocycles. The average Bonchev–Trinajstić information content (AvgIpc) is 2.87. The Kier molecular flexibility index (Phi) is 6.14. The molecule has 0 saturated carbocycles. The molecule has 134 valence electrons. The van der Waals surface area contributed by atoms with Crippen LogP contribution in [0.15, 0.2) is 28.9 Å². The van der Waals surface area contributed by atoms with Gasteiger partial charge in [-0.15, -0.1) is 0 Å². The lowest BCUT2D eigenvalue weighted by molar-refractivity contribution is -0.136. The number of amides is 1. The van der Waals surface area contributed by atoms with Crippen LogP contribution in [0.25, 0.3) is 0 Å². The van der Waals surface area contributed by atoms with Gasteiger partial charge in [-0.3, -0.25) is 9.59 Å². The molecule has 0 aliphatic rings. The van der Waals surface area contributed by atoms with E-state index in [1.165, 1.54) is 6.26 Å². The first kappa shape index (κ1) is 19.3. The first-order chi connectivity index (χ1) is 11.7. The van der Waals surface area contributed by atoms with E-state index >= 15 is 0 Å². The zero-order valence-electron chi connectivity index (χ0n) is 14.2. The van der Waals surface area contributed by atoms with E-state index < -0.39 is 5.97 Å². The Balaban J connectivity index is 2.34. The van der Waals surface area contributed by atoms with Gasteiger partial charge in [-0.1, -0.05) is 29.3 Å². The van der Waals surface area contributed by atoms with Gasteiger partial charge in [0, 0.05) is 18.2 Å². The Hall–Kier alpha value is -1.98. The van der Waals surface area contributed by atoms with Crippen molar-refractivity contribution >= 4 is 35.1 Å². The molecule has 7 heteroatoms. The summed E-state index contributed by atoms with van der Waals surface area (Å²) in [7, 11) is 0. The van der Waals surface area contributed by atoms with Crippen molar-refractivity contribution < 1.29 is 19.1 Å². The number of rotatable bonds is 6. The summed E-state index contributed by atoms with van der Waals surface area (Å²) in [6.07, 6.45) is 1.07. The van der Waals surface area contributed by atoms with Crippen molar-refractivity contribution in [2.75, 3.05) is 0 Å². The lowest BCUT2D eigenvalue weighted by atomic mass is 10.1. The standard InChI is InChI=1S/C18H19Cl2NO4/c1-10(2)21(8-12-4-5-13(19)14(20)6-12)18(24)17-11(3)9-25-15(17)7-16(22)23/h4-6,9-10H,7-8H2,1-3H3,(H,22,23). The van der Waals surface area contributed by atoms with Crippen molar-refractivity contribution in [3.05, 3.63) is 57.0 Å². The molecule has 0 saturated heterocycles. The number of nitrogens with zero attached hydrogens (tertiary/aromatic N) is 1. The predicted octanol–water partition coefficient (Wildman–Crippen LogP) is 4.57. The Bertz CT molecular complexity index is 798. The number of aryl methyl sites for hydroxylation is 1. The summed E-state index contributed by atoms with van der Waals surface area (Å²) in [4.78, 5) is 25.7. The minimum atomic E-state index is -1.05. The molecule has 0 radical (unpaired) electrons. The number of carboxylic acids is 1. The third-order valence-electron chi connectivity index (χ3n) is 3.80. The van der Waals surface area contributed by atoms with Gasteiger partial charge in [0.2, 0.25) is 0 Å². The number of carbonyl (C=O) groups excluding carboxylic acids is 1. The zero-order valence-corrected chi connectivity index (χ0v) is 15.7. The van der Waals surface area contributed by atoms with Gasteiger partial charge in [-0.2, -0.15) is 0 Å². The molecule has 25 heavy (non-hydrogen) atoms. The molecule has 1 aromatic carbocycles. The molecule has 2 rings (SSSR count). The van der Waals surface area contributed by atoms with Crippen LogP contribution in [0, 0.1) is 6.92 Å². The summed E-state index contributed by atoms with van der Waals surface area (Å²) in [6, 6.07) is 5.10. The Labute approximate surface area is 156 Å². The second kappa shape index (κ2) is 7.93. The number of carboxylic acid groups (broad SMARTS) is 1. The smallest absolute Gasteiger partial charge is 0.311 e. The van der Waals surface area contributed by atoms with Gasteiger partial charge >= 0.3 is 5.97 Å². The maximum Gasteiger partial charge on any atom is 0.311 e. The van der Waals surface area contributed by atoms with Crippen LogP contribution < -0.4 is 0 Å². The van der Waals surface area contributed by atoms with E-state index in [9.17, 15) is 9.59 Å². The van der Waals surface area contributed by atoms with Crippen LogP contribution in [0.1, 0.15) is 41.1 Å². The van der Waals surface area contributed by atoms with Crippen molar-refractivity contribution in [1.29, 1.82) is 0 Å². The predicted molar refractivity (Wildman–Crippen MR) is 96.3 cm³/mol. The molecule has 1 amide bonds. The minimum absolute atomic E-state index is 0.103. The van der Waals surface area contributed by atoms with E-state index in [0.717, 1.165) is 5.56 Å². The zero-order chi connectivity index (χ0) is 18.7. The number of benzene rings is 1. The number of halogens is 2. The number of aliphatic carboxylic acids is 1. The summed E-state index contributed by atoms with van der Waals surface area (Å²) in [5, 5.41) is 9.87. The number of hydrogen-bond acceptors (Lipinski definition) is 3. The molecular formula is C18H19Cl2NO4. The first-order valence-electron chi connectivity index (χ1n) is 7.74. The van der Waals surface area contributed by atoms with Crippen LogP contribution in [0.3, 0.4) is 0 Å². The second-order valence-electron chi connectivity index (χ2n) is 6.06.